The van der Waals surface area contributed by atoms with Crippen LogP contribution in [-0.2, 0) is 4.79 Å². The Kier molecular flexibility index (Phi) is 7.16. The number of rotatable bonds is 6. The highest BCUT2D eigenvalue weighted by molar-refractivity contribution is 8.27. The highest BCUT2D eigenvalue weighted by atomic mass is 35.5. The molecule has 0 saturated carbocycles. The predicted octanol–water partition coefficient (Wildman–Crippen LogP) is 6.48. The number of benzene rings is 2. The second-order valence-corrected chi connectivity index (χ2v) is 9.35. The van der Waals surface area contributed by atoms with E-state index in [2.05, 4.69) is 9.97 Å². The molecule has 0 atom stereocenters. The topological polar surface area (TPSA) is 64.5 Å². The third-order valence-electron chi connectivity index (χ3n) is 4.84. The van der Waals surface area contributed by atoms with E-state index in [1.165, 1.54) is 11.8 Å². The number of aromatic nitrogens is 2. The molecule has 2 aromatic carbocycles. The van der Waals surface area contributed by atoms with Crippen LogP contribution in [-0.4, -0.2) is 26.8 Å². The lowest BCUT2D eigenvalue weighted by molar-refractivity contribution is -0.113. The van der Waals surface area contributed by atoms with Crippen LogP contribution in [0, 0.1) is 19.7 Å². The molecule has 10 heteroatoms. The first-order valence-corrected chi connectivity index (χ1v) is 11.8. The lowest BCUT2D eigenvalue weighted by atomic mass is 10.1. The number of carbonyl (C=O) groups excluding carboxylic acids is 1. The van der Waals surface area contributed by atoms with Gasteiger partial charge >= 0.3 is 0 Å². The van der Waals surface area contributed by atoms with Crippen molar-refractivity contribution in [3.63, 3.8) is 0 Å². The van der Waals surface area contributed by atoms with Crippen molar-refractivity contribution < 1.29 is 18.7 Å². The highest BCUT2D eigenvalue weighted by Gasteiger charge is 2.34. The smallest absolute Gasteiger partial charge is 0.270 e. The van der Waals surface area contributed by atoms with Gasteiger partial charge in [0.05, 0.1) is 23.4 Å². The summed E-state index contributed by atoms with van der Waals surface area (Å²) in [6, 6.07) is 10.9. The Labute approximate surface area is 210 Å². The van der Waals surface area contributed by atoms with E-state index in [-0.39, 0.29) is 22.8 Å². The maximum Gasteiger partial charge on any atom is 0.270 e. The van der Waals surface area contributed by atoms with Crippen LogP contribution < -0.4 is 14.4 Å². The average molecular weight is 516 g/mol. The van der Waals surface area contributed by atoms with Crippen LogP contribution in [0.25, 0.3) is 6.08 Å². The first kappa shape index (κ1) is 24.1. The lowest BCUT2D eigenvalue weighted by Gasteiger charge is -2.17. The third kappa shape index (κ3) is 5.06. The van der Waals surface area contributed by atoms with Crippen molar-refractivity contribution in [2.75, 3.05) is 11.5 Å². The van der Waals surface area contributed by atoms with Crippen LogP contribution >= 0.6 is 35.6 Å². The molecular weight excluding hydrogens is 497 g/mol. The Bertz CT molecular complexity index is 1330. The number of aryl methyl sites for hydroxylation is 2. The molecule has 4 rings (SSSR count). The van der Waals surface area contributed by atoms with Crippen molar-refractivity contribution >= 4 is 57.6 Å². The molecule has 1 aliphatic rings. The van der Waals surface area contributed by atoms with Crippen molar-refractivity contribution in [1.82, 2.24) is 9.97 Å². The molecule has 3 aromatic rings. The zero-order chi connectivity index (χ0) is 24.4. The van der Waals surface area contributed by atoms with Crippen LogP contribution in [0.4, 0.5) is 10.1 Å². The van der Waals surface area contributed by atoms with Gasteiger partial charge in [0.2, 0.25) is 11.1 Å². The summed E-state index contributed by atoms with van der Waals surface area (Å²) in [5, 5.41) is -0.142. The van der Waals surface area contributed by atoms with Gasteiger partial charge < -0.3 is 9.47 Å². The fourth-order valence-electron chi connectivity index (χ4n) is 3.36. The average Bonchev–Trinajstić information content (AvgIpc) is 3.05. The van der Waals surface area contributed by atoms with Gasteiger partial charge in [0.15, 0.2) is 15.8 Å². The first-order chi connectivity index (χ1) is 16.3. The van der Waals surface area contributed by atoms with Gasteiger partial charge in [-0.05, 0) is 67.8 Å². The molecule has 0 radical (unpaired) electrons. The van der Waals surface area contributed by atoms with Crippen molar-refractivity contribution in [2.24, 2.45) is 0 Å². The Morgan fingerprint density at radius 3 is 2.74 bits per heavy atom. The summed E-state index contributed by atoms with van der Waals surface area (Å²) in [6.45, 7) is 6.11. The van der Waals surface area contributed by atoms with Crippen molar-refractivity contribution in [2.45, 2.75) is 20.8 Å². The normalized spacial score (nSPS) is 14.7. The molecule has 6 nitrogen and oxygen atoms in total. The molecule has 1 fully saturated rings. The minimum absolute atomic E-state index is 0.142. The first-order valence-electron chi connectivity index (χ1n) is 10.2. The number of amides is 1. The quantitative estimate of drug-likeness (QED) is 0.211. The van der Waals surface area contributed by atoms with Crippen LogP contribution in [0.1, 0.15) is 23.6 Å². The van der Waals surface area contributed by atoms with Gasteiger partial charge in [-0.15, -0.1) is 0 Å². The number of ether oxygens (including phenoxy) is 2. The summed E-state index contributed by atoms with van der Waals surface area (Å²) in [5.41, 5.74) is 3.53. The molecule has 0 bridgehead atoms. The standard InChI is InChI=1S/C24H19ClFN3O3S2/c1-4-31-19-10-15(6-8-18(19)32-21-16(26)12-27-23(25)28-21)11-20-22(30)29(24(33)34-20)17-7-5-13(2)9-14(17)3/h5-12H,4H2,1-3H3/b20-11-. The summed E-state index contributed by atoms with van der Waals surface area (Å²) >= 11 is 12.5. The van der Waals surface area contributed by atoms with Gasteiger partial charge in [-0.25, -0.2) is 4.98 Å². The molecule has 0 N–H and O–H groups in total. The lowest BCUT2D eigenvalue weighted by Crippen LogP contribution is -2.28. The van der Waals surface area contributed by atoms with E-state index in [1.54, 1.807) is 29.2 Å². The van der Waals surface area contributed by atoms with E-state index >= 15 is 0 Å². The van der Waals surface area contributed by atoms with E-state index in [1.807, 2.05) is 39.0 Å². The zero-order valence-electron chi connectivity index (χ0n) is 18.5. The predicted molar refractivity (Wildman–Crippen MR) is 136 cm³/mol. The molecule has 0 aliphatic carbocycles. The summed E-state index contributed by atoms with van der Waals surface area (Å²) in [6.07, 6.45) is 2.66. The maximum atomic E-state index is 14.0. The number of halogens is 2. The molecule has 1 aliphatic heterocycles. The summed E-state index contributed by atoms with van der Waals surface area (Å²) in [5.74, 6) is -0.669. The molecule has 0 unspecified atom stereocenters. The van der Waals surface area contributed by atoms with Gasteiger partial charge in [0, 0.05) is 0 Å². The highest BCUT2D eigenvalue weighted by Crippen LogP contribution is 2.39. The monoisotopic (exact) mass is 515 g/mol. The molecule has 174 valence electrons. The number of thioether (sulfide) groups is 1. The second kappa shape index (κ2) is 10.1. The molecule has 0 spiro atoms. The largest absolute Gasteiger partial charge is 0.490 e. The summed E-state index contributed by atoms with van der Waals surface area (Å²) < 4.78 is 25.7. The number of nitrogens with zero attached hydrogens (tertiary/aromatic N) is 3. The van der Waals surface area contributed by atoms with Gasteiger partial charge in [-0.2, -0.15) is 9.37 Å². The third-order valence-corrected chi connectivity index (χ3v) is 6.33. The van der Waals surface area contributed by atoms with Crippen LogP contribution in [0.2, 0.25) is 5.28 Å². The SMILES string of the molecule is CCOc1cc(/C=C2\SC(=S)N(c3ccc(C)cc3C)C2=O)ccc1Oc1nc(Cl)ncc1F. The van der Waals surface area contributed by atoms with E-state index in [4.69, 9.17) is 33.3 Å². The molecular formula is C24H19ClFN3O3S2. The van der Waals surface area contributed by atoms with Gasteiger partial charge in [-0.1, -0.05) is 47.7 Å². The van der Waals surface area contributed by atoms with Crippen molar-refractivity contribution in [3.8, 4) is 17.4 Å². The van der Waals surface area contributed by atoms with Gasteiger partial charge in [-0.3, -0.25) is 9.69 Å². The Hall–Kier alpha value is -3.01. The summed E-state index contributed by atoms with van der Waals surface area (Å²) in [7, 11) is 0. The number of hydrogen-bond acceptors (Lipinski definition) is 7. The minimum atomic E-state index is -0.758. The van der Waals surface area contributed by atoms with Crippen molar-refractivity contribution in [3.05, 3.63) is 75.3 Å². The van der Waals surface area contributed by atoms with Crippen LogP contribution in [0.15, 0.2) is 47.5 Å². The van der Waals surface area contributed by atoms with Crippen LogP contribution in [0.3, 0.4) is 0 Å². The molecule has 1 saturated heterocycles. The minimum Gasteiger partial charge on any atom is -0.490 e. The Balaban J connectivity index is 1.63. The number of carbonyl (C=O) groups is 1. The maximum absolute atomic E-state index is 14.0. The van der Waals surface area contributed by atoms with E-state index in [0.717, 1.165) is 23.0 Å². The number of hydrogen-bond donors (Lipinski definition) is 0. The molecule has 1 amide bonds. The van der Waals surface area contributed by atoms with E-state index in [9.17, 15) is 9.18 Å². The Morgan fingerprint density at radius 2 is 2.00 bits per heavy atom. The van der Waals surface area contributed by atoms with Gasteiger partial charge in [0.25, 0.3) is 11.8 Å². The number of anilines is 1. The van der Waals surface area contributed by atoms with E-state index < -0.39 is 5.82 Å². The fraction of sp³-hybridized carbons (Fsp3) is 0.167. The zero-order valence-corrected chi connectivity index (χ0v) is 20.9. The Morgan fingerprint density at radius 1 is 1.21 bits per heavy atom. The summed E-state index contributed by atoms with van der Waals surface area (Å²) in [4.78, 5) is 22.5. The van der Waals surface area contributed by atoms with E-state index in [0.29, 0.717) is 27.1 Å². The molecule has 1 aromatic heterocycles. The van der Waals surface area contributed by atoms with Gasteiger partial charge in [0.1, 0.15) is 0 Å². The fourth-order valence-corrected chi connectivity index (χ4v) is 4.77. The second-order valence-electron chi connectivity index (χ2n) is 7.34. The molecule has 2 heterocycles. The molecule has 34 heavy (non-hydrogen) atoms. The number of thiocarbonyl (C=S) groups is 1. The van der Waals surface area contributed by atoms with Crippen LogP contribution in [0.5, 0.6) is 17.4 Å². The van der Waals surface area contributed by atoms with Crippen molar-refractivity contribution in [1.29, 1.82) is 0 Å².